The topological polar surface area (TPSA) is 49.5 Å². The number of nitrogens with two attached hydrogens (primary N) is 1. The third kappa shape index (κ3) is 2.84. The molecule has 1 aromatic rings. The van der Waals surface area contributed by atoms with Crippen molar-refractivity contribution in [3.8, 4) is 0 Å². The van der Waals surface area contributed by atoms with Gasteiger partial charge < -0.3 is 15.7 Å². The highest BCUT2D eigenvalue weighted by Crippen LogP contribution is 2.24. The van der Waals surface area contributed by atoms with Gasteiger partial charge in [0.2, 0.25) is 0 Å². The number of aliphatic hydroxyl groups excluding tert-OH is 1. The van der Waals surface area contributed by atoms with Gasteiger partial charge in [0.1, 0.15) is 0 Å². The lowest BCUT2D eigenvalue weighted by Gasteiger charge is -2.27. The summed E-state index contributed by atoms with van der Waals surface area (Å²) in [5, 5.41) is 9.77. The smallest absolute Gasteiger partial charge is 0.0632 e. The number of likely N-dealkylation sites (N-methyl/N-ethyl adjacent to an activating group) is 1. The van der Waals surface area contributed by atoms with Crippen molar-refractivity contribution >= 4 is 17.3 Å². The van der Waals surface area contributed by atoms with Gasteiger partial charge in [-0.1, -0.05) is 11.6 Å². The van der Waals surface area contributed by atoms with E-state index < -0.39 is 0 Å². The van der Waals surface area contributed by atoms with Crippen molar-refractivity contribution in [1.82, 2.24) is 0 Å². The van der Waals surface area contributed by atoms with Crippen LogP contribution in [0.15, 0.2) is 18.2 Å². The molecule has 0 aliphatic heterocycles. The molecule has 0 spiro atoms. The van der Waals surface area contributed by atoms with E-state index in [0.29, 0.717) is 11.6 Å². The molecule has 84 valence electrons. The van der Waals surface area contributed by atoms with Crippen LogP contribution in [-0.2, 0) is 6.54 Å². The van der Waals surface area contributed by atoms with Crippen LogP contribution in [0.5, 0.6) is 0 Å². The van der Waals surface area contributed by atoms with Crippen LogP contribution in [0.25, 0.3) is 0 Å². The average molecular weight is 229 g/mol. The Morgan fingerprint density at radius 2 is 2.20 bits per heavy atom. The molecule has 3 N–H and O–H groups in total. The average Bonchev–Trinajstić information content (AvgIpc) is 2.26. The number of nitrogens with zero attached hydrogens (tertiary/aromatic N) is 1. The lowest BCUT2D eigenvalue weighted by molar-refractivity contribution is 0.270. The van der Waals surface area contributed by atoms with E-state index in [-0.39, 0.29) is 12.6 Å². The Morgan fingerprint density at radius 1 is 1.53 bits per heavy atom. The molecule has 1 rings (SSSR count). The Morgan fingerprint density at radius 3 is 2.73 bits per heavy atom. The van der Waals surface area contributed by atoms with Crippen LogP contribution in [0.1, 0.15) is 12.5 Å². The van der Waals surface area contributed by atoms with Crippen LogP contribution >= 0.6 is 11.6 Å². The molecule has 1 aromatic carbocycles. The van der Waals surface area contributed by atoms with Gasteiger partial charge in [-0.05, 0) is 30.7 Å². The van der Waals surface area contributed by atoms with Crippen LogP contribution in [-0.4, -0.2) is 24.8 Å². The van der Waals surface area contributed by atoms with Crippen LogP contribution in [0.3, 0.4) is 0 Å². The van der Waals surface area contributed by atoms with Crippen LogP contribution in [0.2, 0.25) is 5.02 Å². The molecular weight excluding hydrogens is 212 g/mol. The predicted octanol–water partition coefficient (Wildman–Crippen LogP) is 1.62. The van der Waals surface area contributed by atoms with E-state index in [9.17, 15) is 0 Å². The molecule has 1 atom stereocenters. The summed E-state index contributed by atoms with van der Waals surface area (Å²) in [6.45, 7) is 2.51. The molecule has 0 fully saturated rings. The van der Waals surface area contributed by atoms with Gasteiger partial charge in [0, 0.05) is 30.3 Å². The van der Waals surface area contributed by atoms with Crippen LogP contribution in [0.4, 0.5) is 5.69 Å². The van der Waals surface area contributed by atoms with Crippen molar-refractivity contribution in [2.45, 2.75) is 19.5 Å². The summed E-state index contributed by atoms with van der Waals surface area (Å²) in [4.78, 5) is 2.00. The molecule has 0 amide bonds. The second-order valence-electron chi connectivity index (χ2n) is 3.62. The summed E-state index contributed by atoms with van der Waals surface area (Å²) in [6.07, 6.45) is 0. The number of benzene rings is 1. The van der Waals surface area contributed by atoms with Crippen molar-refractivity contribution in [2.24, 2.45) is 5.73 Å². The van der Waals surface area contributed by atoms with Gasteiger partial charge >= 0.3 is 0 Å². The Labute approximate surface area is 95.5 Å². The lowest BCUT2D eigenvalue weighted by atomic mass is 10.1. The van der Waals surface area contributed by atoms with Crippen LogP contribution in [0, 0.1) is 0 Å². The molecule has 0 heterocycles. The number of hydrogen-bond donors (Lipinski definition) is 2. The molecule has 0 aliphatic carbocycles. The zero-order valence-corrected chi connectivity index (χ0v) is 9.83. The highest BCUT2D eigenvalue weighted by molar-refractivity contribution is 6.30. The number of anilines is 1. The fourth-order valence-corrected chi connectivity index (χ4v) is 1.62. The van der Waals surface area contributed by atoms with E-state index >= 15 is 0 Å². The fourth-order valence-electron chi connectivity index (χ4n) is 1.42. The van der Waals surface area contributed by atoms with Gasteiger partial charge in [-0.3, -0.25) is 0 Å². The minimum atomic E-state index is 0.0662. The zero-order valence-electron chi connectivity index (χ0n) is 9.07. The van der Waals surface area contributed by atoms with Crippen molar-refractivity contribution < 1.29 is 5.11 Å². The Hall–Kier alpha value is -0.770. The van der Waals surface area contributed by atoms with Gasteiger partial charge in [-0.25, -0.2) is 0 Å². The molecule has 0 aromatic heterocycles. The molecule has 3 nitrogen and oxygen atoms in total. The first-order valence-corrected chi connectivity index (χ1v) is 5.30. The largest absolute Gasteiger partial charge is 0.394 e. The third-order valence-corrected chi connectivity index (χ3v) is 2.80. The number of halogens is 1. The molecule has 4 heteroatoms. The van der Waals surface area contributed by atoms with Crippen molar-refractivity contribution in [3.63, 3.8) is 0 Å². The van der Waals surface area contributed by atoms with Crippen LogP contribution < -0.4 is 10.6 Å². The quantitative estimate of drug-likeness (QED) is 0.824. The maximum Gasteiger partial charge on any atom is 0.0632 e. The molecule has 15 heavy (non-hydrogen) atoms. The van der Waals surface area contributed by atoms with E-state index in [0.717, 1.165) is 11.3 Å². The van der Waals surface area contributed by atoms with E-state index in [1.807, 2.05) is 37.1 Å². The van der Waals surface area contributed by atoms with Gasteiger partial charge in [-0.2, -0.15) is 0 Å². The zero-order chi connectivity index (χ0) is 11.4. The number of rotatable bonds is 4. The first-order valence-electron chi connectivity index (χ1n) is 4.92. The van der Waals surface area contributed by atoms with E-state index in [4.69, 9.17) is 22.4 Å². The lowest BCUT2D eigenvalue weighted by Crippen LogP contribution is -2.32. The normalized spacial score (nSPS) is 12.6. The molecule has 1 unspecified atom stereocenters. The summed E-state index contributed by atoms with van der Waals surface area (Å²) in [6, 6.07) is 5.68. The maximum atomic E-state index is 9.09. The summed E-state index contributed by atoms with van der Waals surface area (Å²) in [5.41, 5.74) is 7.66. The minimum Gasteiger partial charge on any atom is -0.394 e. The highest BCUT2D eigenvalue weighted by atomic mass is 35.5. The summed E-state index contributed by atoms with van der Waals surface area (Å²) < 4.78 is 0. The molecular formula is C11H17ClN2O. The maximum absolute atomic E-state index is 9.09. The fraction of sp³-hybridized carbons (Fsp3) is 0.455. The first-order chi connectivity index (χ1) is 7.10. The van der Waals surface area contributed by atoms with E-state index in [1.54, 1.807) is 0 Å². The molecule has 0 saturated heterocycles. The van der Waals surface area contributed by atoms with Gasteiger partial charge in [0.25, 0.3) is 0 Å². The van der Waals surface area contributed by atoms with E-state index in [1.165, 1.54) is 0 Å². The minimum absolute atomic E-state index is 0.0662. The second-order valence-corrected chi connectivity index (χ2v) is 4.06. The standard InChI is InChI=1S/C11H17ClN2O/c1-8(7-15)14(2)11-4-3-10(12)5-9(11)6-13/h3-5,8,15H,6-7,13H2,1-2H3. The second kappa shape index (κ2) is 5.35. The summed E-state index contributed by atoms with van der Waals surface area (Å²) in [7, 11) is 1.93. The molecule has 0 radical (unpaired) electrons. The molecule has 0 aliphatic rings. The van der Waals surface area contributed by atoms with Gasteiger partial charge in [-0.15, -0.1) is 0 Å². The number of aliphatic hydroxyl groups is 1. The first kappa shape index (κ1) is 12.3. The Kier molecular flexibility index (Phi) is 4.39. The van der Waals surface area contributed by atoms with Crippen molar-refractivity contribution in [2.75, 3.05) is 18.6 Å². The van der Waals surface area contributed by atoms with Crippen molar-refractivity contribution in [1.29, 1.82) is 0 Å². The molecule has 0 saturated carbocycles. The third-order valence-electron chi connectivity index (χ3n) is 2.57. The Bertz CT molecular complexity index is 330. The Balaban J connectivity index is 3.02. The van der Waals surface area contributed by atoms with Gasteiger partial charge in [0.05, 0.1) is 6.61 Å². The monoisotopic (exact) mass is 228 g/mol. The van der Waals surface area contributed by atoms with Crippen molar-refractivity contribution in [3.05, 3.63) is 28.8 Å². The SMILES string of the molecule is CC(CO)N(C)c1ccc(Cl)cc1CN. The summed E-state index contributed by atoms with van der Waals surface area (Å²) in [5.74, 6) is 0. The predicted molar refractivity (Wildman–Crippen MR) is 64.3 cm³/mol. The van der Waals surface area contributed by atoms with Gasteiger partial charge in [0.15, 0.2) is 0 Å². The highest BCUT2D eigenvalue weighted by Gasteiger charge is 2.12. The molecule has 0 bridgehead atoms. The number of hydrogen-bond acceptors (Lipinski definition) is 3. The summed E-state index contributed by atoms with van der Waals surface area (Å²) >= 11 is 5.89. The van der Waals surface area contributed by atoms with E-state index in [2.05, 4.69) is 0 Å².